The van der Waals surface area contributed by atoms with Crippen LogP contribution >= 0.6 is 0 Å². The van der Waals surface area contributed by atoms with E-state index in [9.17, 15) is 9.59 Å². The number of hydrogen-bond acceptors (Lipinski definition) is 3. The van der Waals surface area contributed by atoms with Gasteiger partial charge in [0, 0.05) is 0 Å². The summed E-state index contributed by atoms with van der Waals surface area (Å²) in [5.74, 6) is -1.29. The molecule has 0 radical (unpaired) electrons. The van der Waals surface area contributed by atoms with Crippen LogP contribution in [0, 0.1) is 0 Å². The second-order valence-electron chi connectivity index (χ2n) is 8.16. The first-order chi connectivity index (χ1) is 11.0. The number of carbonyl (C=O) groups excluding carboxylic acids is 1. The SMILES string of the molecule is CCCCCCC(C)(C)[Si](OC(=O)CCC(=O)O)(C(C)C)C(C)C. The molecule has 0 aromatic heterocycles. The highest BCUT2D eigenvalue weighted by atomic mass is 28.4. The third kappa shape index (κ3) is 6.23. The van der Waals surface area contributed by atoms with Crippen LogP contribution in [0.5, 0.6) is 0 Å². The molecule has 0 rings (SSSR count). The minimum absolute atomic E-state index is 0.0258. The zero-order valence-corrected chi connectivity index (χ0v) is 17.8. The van der Waals surface area contributed by atoms with E-state index < -0.39 is 14.3 Å². The number of carboxylic acids is 1. The van der Waals surface area contributed by atoms with E-state index in [1.165, 1.54) is 19.3 Å². The Labute approximate surface area is 149 Å². The van der Waals surface area contributed by atoms with E-state index in [0.717, 1.165) is 12.8 Å². The Kier molecular flexibility index (Phi) is 9.86. The monoisotopic (exact) mass is 358 g/mol. The topological polar surface area (TPSA) is 63.6 Å². The third-order valence-electron chi connectivity index (χ3n) is 5.25. The maximum Gasteiger partial charge on any atom is 0.303 e. The summed E-state index contributed by atoms with van der Waals surface area (Å²) in [6.45, 7) is 15.3. The molecular weight excluding hydrogens is 320 g/mol. The van der Waals surface area contributed by atoms with Crippen LogP contribution in [0.15, 0.2) is 0 Å². The average Bonchev–Trinajstić information content (AvgIpc) is 2.46. The summed E-state index contributed by atoms with van der Waals surface area (Å²) in [6, 6.07) is 0. The van der Waals surface area contributed by atoms with E-state index in [-0.39, 0.29) is 23.8 Å². The fourth-order valence-electron chi connectivity index (χ4n) is 4.24. The summed E-state index contributed by atoms with van der Waals surface area (Å²) < 4.78 is 6.17. The smallest absolute Gasteiger partial charge is 0.303 e. The highest BCUT2D eigenvalue weighted by Gasteiger charge is 2.56. The van der Waals surface area contributed by atoms with Gasteiger partial charge >= 0.3 is 5.97 Å². The molecule has 0 heterocycles. The zero-order valence-electron chi connectivity index (χ0n) is 16.8. The lowest BCUT2D eigenvalue weighted by atomic mass is 10.0. The molecule has 0 aromatic carbocycles. The van der Waals surface area contributed by atoms with Crippen LogP contribution in [0.4, 0.5) is 0 Å². The summed E-state index contributed by atoms with van der Waals surface area (Å²) in [5.41, 5.74) is 0.597. The molecule has 0 saturated carbocycles. The van der Waals surface area contributed by atoms with Crippen molar-refractivity contribution in [1.29, 1.82) is 0 Å². The van der Waals surface area contributed by atoms with Gasteiger partial charge in [-0.3, -0.25) is 9.59 Å². The maximum atomic E-state index is 12.3. The fourth-order valence-corrected chi connectivity index (χ4v) is 10.5. The summed E-state index contributed by atoms with van der Waals surface area (Å²) in [7, 11) is -2.42. The Morgan fingerprint density at radius 2 is 1.54 bits per heavy atom. The van der Waals surface area contributed by atoms with Crippen molar-refractivity contribution in [3.05, 3.63) is 0 Å². The van der Waals surface area contributed by atoms with Crippen molar-refractivity contribution >= 4 is 20.3 Å². The first-order valence-corrected chi connectivity index (χ1v) is 11.5. The summed E-state index contributed by atoms with van der Waals surface area (Å²) in [6.07, 6.45) is 5.69. The number of unbranched alkanes of at least 4 members (excludes halogenated alkanes) is 3. The van der Waals surface area contributed by atoms with Gasteiger partial charge in [-0.2, -0.15) is 0 Å². The van der Waals surface area contributed by atoms with E-state index >= 15 is 0 Å². The van der Waals surface area contributed by atoms with Gasteiger partial charge in [-0.25, -0.2) is 0 Å². The largest absolute Gasteiger partial charge is 0.518 e. The van der Waals surface area contributed by atoms with Gasteiger partial charge < -0.3 is 9.53 Å². The number of rotatable bonds is 12. The molecule has 0 bridgehead atoms. The highest BCUT2D eigenvalue weighted by Crippen LogP contribution is 2.54. The van der Waals surface area contributed by atoms with E-state index in [4.69, 9.17) is 9.53 Å². The fraction of sp³-hybridized carbons (Fsp3) is 0.895. The molecule has 0 saturated heterocycles. The van der Waals surface area contributed by atoms with Gasteiger partial charge in [0.1, 0.15) is 0 Å². The van der Waals surface area contributed by atoms with Crippen molar-refractivity contribution in [2.24, 2.45) is 0 Å². The van der Waals surface area contributed by atoms with Crippen LogP contribution in [-0.2, 0) is 14.0 Å². The normalized spacial score (nSPS) is 12.7. The van der Waals surface area contributed by atoms with Crippen molar-refractivity contribution in [3.63, 3.8) is 0 Å². The molecule has 0 aliphatic carbocycles. The van der Waals surface area contributed by atoms with Gasteiger partial charge in [0.2, 0.25) is 0 Å². The summed E-state index contributed by atoms with van der Waals surface area (Å²) >= 11 is 0. The minimum Gasteiger partial charge on any atom is -0.518 e. The second-order valence-corrected chi connectivity index (χ2v) is 13.6. The van der Waals surface area contributed by atoms with Gasteiger partial charge in [0.25, 0.3) is 14.3 Å². The Morgan fingerprint density at radius 3 is 1.96 bits per heavy atom. The second kappa shape index (κ2) is 10.2. The lowest BCUT2D eigenvalue weighted by Gasteiger charge is -2.49. The van der Waals surface area contributed by atoms with E-state index in [2.05, 4.69) is 48.5 Å². The van der Waals surface area contributed by atoms with Crippen LogP contribution in [0.3, 0.4) is 0 Å². The van der Waals surface area contributed by atoms with Crippen molar-refractivity contribution in [1.82, 2.24) is 0 Å². The quantitative estimate of drug-likeness (QED) is 0.348. The predicted octanol–water partition coefficient (Wildman–Crippen LogP) is 5.91. The molecule has 0 unspecified atom stereocenters. The molecule has 0 aliphatic rings. The minimum atomic E-state index is -2.42. The molecule has 142 valence electrons. The molecule has 1 N–H and O–H groups in total. The number of carboxylic acid groups (broad SMARTS) is 1. The Morgan fingerprint density at radius 1 is 1.00 bits per heavy atom. The van der Waals surface area contributed by atoms with Crippen molar-refractivity contribution in [2.45, 2.75) is 110 Å². The maximum absolute atomic E-state index is 12.3. The first-order valence-electron chi connectivity index (χ1n) is 9.44. The van der Waals surface area contributed by atoms with Gasteiger partial charge in [0.15, 0.2) is 0 Å². The van der Waals surface area contributed by atoms with Crippen LogP contribution in [0.1, 0.15) is 93.4 Å². The van der Waals surface area contributed by atoms with Crippen LogP contribution in [0.2, 0.25) is 16.1 Å². The average molecular weight is 359 g/mol. The highest BCUT2D eigenvalue weighted by molar-refractivity contribution is 6.80. The number of hydrogen-bond donors (Lipinski definition) is 1. The van der Waals surface area contributed by atoms with Gasteiger partial charge in [-0.15, -0.1) is 0 Å². The molecule has 0 aliphatic heterocycles. The molecule has 0 spiro atoms. The Bertz CT molecular complexity index is 394. The van der Waals surface area contributed by atoms with Crippen LogP contribution in [0.25, 0.3) is 0 Å². The standard InChI is InChI=1S/C19H38O4Si/c1-8-9-10-11-14-19(6,7)24(15(2)3,16(4)5)23-18(22)13-12-17(20)21/h15-16H,8-14H2,1-7H3,(H,20,21). The van der Waals surface area contributed by atoms with Gasteiger partial charge in [-0.05, 0) is 22.5 Å². The van der Waals surface area contributed by atoms with E-state index in [1.807, 2.05) is 0 Å². The van der Waals surface area contributed by atoms with Crippen molar-refractivity contribution < 1.29 is 19.1 Å². The molecule has 0 aromatic rings. The molecule has 24 heavy (non-hydrogen) atoms. The number of aliphatic carboxylic acids is 1. The van der Waals surface area contributed by atoms with E-state index in [0.29, 0.717) is 11.1 Å². The van der Waals surface area contributed by atoms with Crippen molar-refractivity contribution in [2.75, 3.05) is 0 Å². The lowest BCUT2D eigenvalue weighted by Crippen LogP contribution is -2.55. The van der Waals surface area contributed by atoms with E-state index in [1.54, 1.807) is 0 Å². The zero-order chi connectivity index (χ0) is 19.0. The molecule has 5 heteroatoms. The predicted molar refractivity (Wildman–Crippen MR) is 102 cm³/mol. The molecule has 0 fully saturated rings. The van der Waals surface area contributed by atoms with Gasteiger partial charge in [0.05, 0.1) is 12.8 Å². The Balaban J connectivity index is 5.31. The van der Waals surface area contributed by atoms with Crippen LogP contribution in [-0.4, -0.2) is 25.4 Å². The third-order valence-corrected chi connectivity index (χ3v) is 11.6. The first kappa shape index (κ1) is 23.2. The van der Waals surface area contributed by atoms with Crippen molar-refractivity contribution in [3.8, 4) is 0 Å². The molecule has 4 nitrogen and oxygen atoms in total. The van der Waals surface area contributed by atoms with Gasteiger partial charge in [-0.1, -0.05) is 74.1 Å². The van der Waals surface area contributed by atoms with Crippen LogP contribution < -0.4 is 0 Å². The molecule has 0 amide bonds. The summed E-state index contributed by atoms with van der Waals surface area (Å²) in [4.78, 5) is 23.1. The molecular formula is C19H38O4Si. The summed E-state index contributed by atoms with van der Waals surface area (Å²) in [5, 5.41) is 8.78. The molecule has 0 atom stereocenters. The lowest BCUT2D eigenvalue weighted by molar-refractivity contribution is -0.143. The Hall–Kier alpha value is -0.843. The number of carbonyl (C=O) groups is 2.